The van der Waals surface area contributed by atoms with Crippen molar-refractivity contribution in [3.8, 4) is 0 Å². The zero-order chi connectivity index (χ0) is 16.4. The molecule has 1 amide bonds. The summed E-state index contributed by atoms with van der Waals surface area (Å²) < 4.78 is 26.8. The number of hydrogen-bond acceptors (Lipinski definition) is 4. The zero-order valence-corrected chi connectivity index (χ0v) is 14.2. The third kappa shape index (κ3) is 3.74. The van der Waals surface area contributed by atoms with Crippen LogP contribution in [0.4, 0.5) is 0 Å². The van der Waals surface area contributed by atoms with E-state index in [2.05, 4.69) is 10.4 Å². The number of amides is 1. The van der Waals surface area contributed by atoms with E-state index >= 15 is 0 Å². The zero-order valence-electron chi connectivity index (χ0n) is 13.4. The Hall–Kier alpha value is -1.41. The Bertz CT molecular complexity index is 636. The molecule has 1 atom stereocenters. The molecule has 0 bridgehead atoms. The van der Waals surface area contributed by atoms with E-state index in [1.807, 2.05) is 16.9 Å². The van der Waals surface area contributed by atoms with E-state index in [1.165, 1.54) is 10.6 Å². The molecule has 2 fully saturated rings. The lowest BCUT2D eigenvalue weighted by Crippen LogP contribution is -2.49. The fraction of sp³-hybridized carbons (Fsp3) is 0.733. The van der Waals surface area contributed by atoms with Crippen molar-refractivity contribution in [3.05, 3.63) is 18.5 Å². The summed E-state index contributed by atoms with van der Waals surface area (Å²) in [5.41, 5.74) is 0. The normalized spacial score (nSPS) is 29.5. The van der Waals surface area contributed by atoms with Crippen LogP contribution in [0.3, 0.4) is 0 Å². The molecule has 8 heteroatoms. The molecule has 1 aromatic rings. The van der Waals surface area contributed by atoms with Crippen molar-refractivity contribution >= 4 is 15.9 Å². The van der Waals surface area contributed by atoms with Gasteiger partial charge in [-0.2, -0.15) is 9.40 Å². The maximum Gasteiger partial charge on any atom is 0.238 e. The van der Waals surface area contributed by atoms with Crippen molar-refractivity contribution in [2.45, 2.75) is 56.7 Å². The SMILES string of the molecule is CS(=O)(=O)N1CCC[C@H]1C(=O)NC1CCC(n2cccn2)CC1. The van der Waals surface area contributed by atoms with Gasteiger partial charge in [0.25, 0.3) is 0 Å². The van der Waals surface area contributed by atoms with Crippen LogP contribution in [0.25, 0.3) is 0 Å². The molecule has 128 valence electrons. The highest BCUT2D eigenvalue weighted by molar-refractivity contribution is 7.88. The Morgan fingerprint density at radius 2 is 1.96 bits per heavy atom. The molecule has 1 saturated heterocycles. The maximum absolute atomic E-state index is 12.4. The van der Waals surface area contributed by atoms with Gasteiger partial charge in [-0.05, 0) is 44.6 Å². The number of nitrogens with one attached hydrogen (secondary N) is 1. The average molecular weight is 340 g/mol. The molecule has 2 aliphatic rings. The van der Waals surface area contributed by atoms with Gasteiger partial charge in [-0.1, -0.05) is 0 Å². The van der Waals surface area contributed by atoms with E-state index in [1.54, 1.807) is 6.20 Å². The lowest BCUT2D eigenvalue weighted by atomic mass is 9.91. The first-order valence-electron chi connectivity index (χ1n) is 8.21. The number of sulfonamides is 1. The quantitative estimate of drug-likeness (QED) is 0.883. The Labute approximate surface area is 137 Å². The van der Waals surface area contributed by atoms with Crippen LogP contribution >= 0.6 is 0 Å². The average Bonchev–Trinajstić information content (AvgIpc) is 3.19. The summed E-state index contributed by atoms with van der Waals surface area (Å²) >= 11 is 0. The molecule has 0 spiro atoms. The van der Waals surface area contributed by atoms with Crippen LogP contribution in [0.15, 0.2) is 18.5 Å². The number of aromatic nitrogens is 2. The van der Waals surface area contributed by atoms with Crippen molar-refractivity contribution in [1.82, 2.24) is 19.4 Å². The Kier molecular flexibility index (Phi) is 4.72. The van der Waals surface area contributed by atoms with E-state index in [0.717, 1.165) is 32.1 Å². The summed E-state index contributed by atoms with van der Waals surface area (Å²) in [6.07, 6.45) is 10.1. The molecular weight excluding hydrogens is 316 g/mol. The Morgan fingerprint density at radius 1 is 1.22 bits per heavy atom. The summed E-state index contributed by atoms with van der Waals surface area (Å²) in [4.78, 5) is 12.4. The largest absolute Gasteiger partial charge is 0.352 e. The molecule has 1 aliphatic heterocycles. The molecule has 0 unspecified atom stereocenters. The van der Waals surface area contributed by atoms with Crippen molar-refractivity contribution in [1.29, 1.82) is 0 Å². The third-order valence-electron chi connectivity index (χ3n) is 4.87. The highest BCUT2D eigenvalue weighted by atomic mass is 32.2. The molecule has 1 saturated carbocycles. The first-order chi connectivity index (χ1) is 10.9. The van der Waals surface area contributed by atoms with Gasteiger partial charge in [0.05, 0.1) is 12.3 Å². The number of carbonyl (C=O) groups excluding carboxylic acids is 1. The smallest absolute Gasteiger partial charge is 0.238 e. The van der Waals surface area contributed by atoms with Gasteiger partial charge in [0.1, 0.15) is 6.04 Å². The Balaban J connectivity index is 1.53. The lowest BCUT2D eigenvalue weighted by molar-refractivity contribution is -0.125. The van der Waals surface area contributed by atoms with E-state index in [-0.39, 0.29) is 11.9 Å². The molecule has 2 heterocycles. The predicted octanol–water partition coefficient (Wildman–Crippen LogP) is 0.907. The number of rotatable bonds is 4. The summed E-state index contributed by atoms with van der Waals surface area (Å²) in [5.74, 6) is -0.143. The standard InChI is InChI=1S/C15H24N4O3S/c1-23(21,22)19-11-2-4-14(19)15(20)17-12-5-7-13(8-6-12)18-10-3-9-16-18/h3,9-10,12-14H,2,4-8,11H2,1H3,(H,17,20)/t12?,13?,14-/m0/s1. The highest BCUT2D eigenvalue weighted by Gasteiger charge is 2.37. The second kappa shape index (κ2) is 6.60. The van der Waals surface area contributed by atoms with Crippen LogP contribution in [0.2, 0.25) is 0 Å². The molecular formula is C15H24N4O3S. The van der Waals surface area contributed by atoms with Gasteiger partial charge >= 0.3 is 0 Å². The van der Waals surface area contributed by atoms with Crippen LogP contribution in [0, 0.1) is 0 Å². The van der Waals surface area contributed by atoms with Crippen molar-refractivity contribution in [2.24, 2.45) is 0 Å². The summed E-state index contributed by atoms with van der Waals surface area (Å²) in [7, 11) is -3.32. The van der Waals surface area contributed by atoms with Gasteiger partial charge in [-0.3, -0.25) is 9.48 Å². The molecule has 1 aliphatic carbocycles. The third-order valence-corrected chi connectivity index (χ3v) is 6.16. The molecule has 0 aromatic carbocycles. The summed E-state index contributed by atoms with van der Waals surface area (Å²) in [6, 6.07) is 1.93. The predicted molar refractivity (Wildman–Crippen MR) is 86.2 cm³/mol. The topological polar surface area (TPSA) is 84.3 Å². The lowest BCUT2D eigenvalue weighted by Gasteiger charge is -2.31. The van der Waals surface area contributed by atoms with Gasteiger partial charge in [-0.25, -0.2) is 8.42 Å². The van der Waals surface area contributed by atoms with Gasteiger partial charge in [0.2, 0.25) is 15.9 Å². The molecule has 23 heavy (non-hydrogen) atoms. The maximum atomic E-state index is 12.4. The molecule has 0 radical (unpaired) electrons. The van der Waals surface area contributed by atoms with Crippen molar-refractivity contribution < 1.29 is 13.2 Å². The van der Waals surface area contributed by atoms with E-state index in [0.29, 0.717) is 19.0 Å². The van der Waals surface area contributed by atoms with Crippen LogP contribution < -0.4 is 5.32 Å². The van der Waals surface area contributed by atoms with E-state index in [9.17, 15) is 13.2 Å². The Morgan fingerprint density at radius 3 is 2.57 bits per heavy atom. The highest BCUT2D eigenvalue weighted by Crippen LogP contribution is 2.28. The summed E-state index contributed by atoms with van der Waals surface area (Å²) in [6.45, 7) is 0.447. The summed E-state index contributed by atoms with van der Waals surface area (Å²) in [5, 5.41) is 7.34. The molecule has 1 N–H and O–H groups in total. The van der Waals surface area contributed by atoms with Crippen molar-refractivity contribution in [3.63, 3.8) is 0 Å². The van der Waals surface area contributed by atoms with Crippen LogP contribution in [-0.4, -0.2) is 53.3 Å². The van der Waals surface area contributed by atoms with Crippen molar-refractivity contribution in [2.75, 3.05) is 12.8 Å². The van der Waals surface area contributed by atoms with E-state index < -0.39 is 16.1 Å². The molecule has 1 aromatic heterocycles. The van der Waals surface area contributed by atoms with Crippen LogP contribution in [0.1, 0.15) is 44.6 Å². The fourth-order valence-electron chi connectivity index (χ4n) is 3.68. The van der Waals surface area contributed by atoms with Gasteiger partial charge in [0.15, 0.2) is 0 Å². The second-order valence-corrected chi connectivity index (χ2v) is 8.47. The number of carbonyl (C=O) groups is 1. The minimum absolute atomic E-state index is 0.135. The van der Waals surface area contributed by atoms with Crippen LogP contribution in [0.5, 0.6) is 0 Å². The van der Waals surface area contributed by atoms with Gasteiger partial charge in [0, 0.05) is 25.0 Å². The van der Waals surface area contributed by atoms with Gasteiger partial charge < -0.3 is 5.32 Å². The fourth-order valence-corrected chi connectivity index (χ4v) is 4.80. The monoisotopic (exact) mass is 340 g/mol. The first kappa shape index (κ1) is 16.4. The van der Waals surface area contributed by atoms with Gasteiger partial charge in [-0.15, -0.1) is 0 Å². The van der Waals surface area contributed by atoms with E-state index in [4.69, 9.17) is 0 Å². The van der Waals surface area contributed by atoms with Crippen LogP contribution in [-0.2, 0) is 14.8 Å². The first-order valence-corrected chi connectivity index (χ1v) is 10.1. The number of nitrogens with zero attached hydrogens (tertiary/aromatic N) is 3. The molecule has 3 rings (SSSR count). The minimum Gasteiger partial charge on any atom is -0.352 e. The molecule has 7 nitrogen and oxygen atoms in total. The minimum atomic E-state index is -3.32. The number of hydrogen-bond donors (Lipinski definition) is 1. The second-order valence-electron chi connectivity index (χ2n) is 6.53.